The summed E-state index contributed by atoms with van der Waals surface area (Å²) in [5.41, 5.74) is 0. The van der Waals surface area contributed by atoms with E-state index in [1.165, 1.54) is 0 Å². The molecule has 0 aliphatic carbocycles. The Hall–Kier alpha value is -1.59. The molecule has 0 aromatic carbocycles. The molecule has 0 saturated carbocycles. The summed E-state index contributed by atoms with van der Waals surface area (Å²) in [5.74, 6) is 0.835. The number of rotatable bonds is 7. The minimum atomic E-state index is 0.0381. The van der Waals surface area contributed by atoms with E-state index in [0.29, 0.717) is 30.5 Å². The Kier molecular flexibility index (Phi) is 5.61. The molecule has 1 unspecified atom stereocenters. The Labute approximate surface area is 108 Å². The van der Waals surface area contributed by atoms with Crippen LogP contribution < -0.4 is 14.8 Å². The number of nitrogens with zero attached hydrogens (tertiary/aromatic N) is 3. The number of aromatic nitrogens is 3. The van der Waals surface area contributed by atoms with Gasteiger partial charge in [-0.3, -0.25) is 0 Å². The highest BCUT2D eigenvalue weighted by atomic mass is 16.5. The molecule has 18 heavy (non-hydrogen) atoms. The standard InChI is InChI=1S/C12H22N4O2/c1-6-7-17-11-14-10(13-5)15-12(16-11)18-9(4)8(2)3/h8-9H,6-7H2,1-5H3,(H,13,14,15,16). The van der Waals surface area contributed by atoms with Gasteiger partial charge in [0.15, 0.2) is 0 Å². The lowest BCUT2D eigenvalue weighted by atomic mass is 10.1. The molecule has 1 aromatic rings. The molecule has 1 N–H and O–H groups in total. The molecule has 0 aliphatic rings. The number of nitrogens with one attached hydrogen (secondary N) is 1. The average Bonchev–Trinajstić information content (AvgIpc) is 2.35. The maximum absolute atomic E-state index is 5.66. The first-order valence-electron chi connectivity index (χ1n) is 6.30. The molecule has 0 bridgehead atoms. The van der Waals surface area contributed by atoms with Gasteiger partial charge in [-0.2, -0.15) is 9.97 Å². The molecule has 6 nitrogen and oxygen atoms in total. The molecule has 6 heteroatoms. The lowest BCUT2D eigenvalue weighted by molar-refractivity contribution is 0.152. The Morgan fingerprint density at radius 2 is 1.78 bits per heavy atom. The topological polar surface area (TPSA) is 69.2 Å². The quantitative estimate of drug-likeness (QED) is 0.803. The van der Waals surface area contributed by atoms with Gasteiger partial charge in [0, 0.05) is 7.05 Å². The number of hydrogen-bond acceptors (Lipinski definition) is 6. The molecule has 0 aliphatic heterocycles. The molecule has 102 valence electrons. The van der Waals surface area contributed by atoms with Gasteiger partial charge in [0.1, 0.15) is 6.10 Å². The van der Waals surface area contributed by atoms with Gasteiger partial charge in [-0.25, -0.2) is 0 Å². The Balaban J connectivity index is 2.82. The summed E-state index contributed by atoms with van der Waals surface area (Å²) in [5, 5.41) is 2.86. The SMILES string of the molecule is CCCOc1nc(NC)nc(OC(C)C(C)C)n1. The van der Waals surface area contributed by atoms with Crippen molar-refractivity contribution in [3.05, 3.63) is 0 Å². The van der Waals surface area contributed by atoms with Crippen LogP contribution in [0.5, 0.6) is 12.0 Å². The average molecular weight is 254 g/mol. The summed E-state index contributed by atoms with van der Waals surface area (Å²) in [6.45, 7) is 8.75. The van der Waals surface area contributed by atoms with Crippen LogP contribution >= 0.6 is 0 Å². The van der Waals surface area contributed by atoms with Gasteiger partial charge in [0.2, 0.25) is 5.95 Å². The fourth-order valence-corrected chi connectivity index (χ4v) is 1.06. The maximum atomic E-state index is 5.66. The zero-order valence-corrected chi connectivity index (χ0v) is 11.7. The van der Waals surface area contributed by atoms with Crippen molar-refractivity contribution in [2.75, 3.05) is 19.0 Å². The van der Waals surface area contributed by atoms with Crippen molar-refractivity contribution in [3.63, 3.8) is 0 Å². The van der Waals surface area contributed by atoms with Crippen LogP contribution in [0.4, 0.5) is 5.95 Å². The molecule has 0 spiro atoms. The van der Waals surface area contributed by atoms with Crippen LogP contribution in [0, 0.1) is 5.92 Å². The molecule has 1 aromatic heterocycles. The fourth-order valence-electron chi connectivity index (χ4n) is 1.06. The fraction of sp³-hybridized carbons (Fsp3) is 0.750. The van der Waals surface area contributed by atoms with Crippen LogP contribution in [0.2, 0.25) is 0 Å². The smallest absolute Gasteiger partial charge is 0.324 e. The number of anilines is 1. The maximum Gasteiger partial charge on any atom is 0.324 e. The first-order valence-corrected chi connectivity index (χ1v) is 6.30. The molecule has 1 rings (SSSR count). The van der Waals surface area contributed by atoms with E-state index in [-0.39, 0.29) is 6.10 Å². The molecule has 1 atom stereocenters. The molecule has 0 saturated heterocycles. The Morgan fingerprint density at radius 1 is 1.11 bits per heavy atom. The third-order valence-electron chi connectivity index (χ3n) is 2.48. The van der Waals surface area contributed by atoms with E-state index < -0.39 is 0 Å². The van der Waals surface area contributed by atoms with E-state index in [4.69, 9.17) is 9.47 Å². The van der Waals surface area contributed by atoms with Crippen LogP contribution in [0.15, 0.2) is 0 Å². The monoisotopic (exact) mass is 254 g/mol. The van der Waals surface area contributed by atoms with Gasteiger partial charge < -0.3 is 14.8 Å². The zero-order valence-electron chi connectivity index (χ0n) is 11.7. The van der Waals surface area contributed by atoms with Crippen LogP contribution in [0.1, 0.15) is 34.1 Å². The molecular formula is C12H22N4O2. The first-order chi connectivity index (χ1) is 8.56. The molecule has 0 fully saturated rings. The van der Waals surface area contributed by atoms with Crippen LogP contribution in [0.25, 0.3) is 0 Å². The second kappa shape index (κ2) is 6.98. The van der Waals surface area contributed by atoms with Gasteiger partial charge in [-0.05, 0) is 19.3 Å². The highest BCUT2D eigenvalue weighted by Gasteiger charge is 2.13. The molecule has 0 radical (unpaired) electrons. The van der Waals surface area contributed by atoms with E-state index in [2.05, 4.69) is 34.1 Å². The van der Waals surface area contributed by atoms with E-state index >= 15 is 0 Å². The zero-order chi connectivity index (χ0) is 13.5. The van der Waals surface area contributed by atoms with Crippen molar-refractivity contribution in [2.24, 2.45) is 5.92 Å². The van der Waals surface area contributed by atoms with Crippen molar-refractivity contribution in [3.8, 4) is 12.0 Å². The minimum absolute atomic E-state index is 0.0381. The minimum Gasteiger partial charge on any atom is -0.463 e. The Bertz CT molecular complexity index is 371. The van der Waals surface area contributed by atoms with Gasteiger partial charge in [0.25, 0.3) is 0 Å². The molecular weight excluding hydrogens is 232 g/mol. The summed E-state index contributed by atoms with van der Waals surface area (Å²) in [6.07, 6.45) is 0.940. The van der Waals surface area contributed by atoms with Gasteiger partial charge in [-0.15, -0.1) is 4.98 Å². The third kappa shape index (κ3) is 4.35. The highest BCUT2D eigenvalue weighted by Crippen LogP contribution is 2.16. The van der Waals surface area contributed by atoms with Gasteiger partial charge in [0.05, 0.1) is 6.61 Å². The molecule has 0 amide bonds. The number of ether oxygens (including phenoxy) is 2. The summed E-state index contributed by atoms with van der Waals surface area (Å²) < 4.78 is 11.1. The largest absolute Gasteiger partial charge is 0.463 e. The van der Waals surface area contributed by atoms with Crippen molar-refractivity contribution >= 4 is 5.95 Å². The van der Waals surface area contributed by atoms with E-state index in [9.17, 15) is 0 Å². The van der Waals surface area contributed by atoms with E-state index in [0.717, 1.165) is 6.42 Å². The van der Waals surface area contributed by atoms with Crippen molar-refractivity contribution in [2.45, 2.75) is 40.2 Å². The summed E-state index contributed by atoms with van der Waals surface area (Å²) in [6, 6.07) is 0.587. The van der Waals surface area contributed by atoms with Crippen LogP contribution in [-0.2, 0) is 0 Å². The van der Waals surface area contributed by atoms with E-state index in [1.807, 2.05) is 13.8 Å². The van der Waals surface area contributed by atoms with E-state index in [1.54, 1.807) is 7.05 Å². The van der Waals surface area contributed by atoms with Crippen molar-refractivity contribution < 1.29 is 9.47 Å². The van der Waals surface area contributed by atoms with Crippen molar-refractivity contribution in [1.82, 2.24) is 15.0 Å². The molecule has 1 heterocycles. The second-order valence-electron chi connectivity index (χ2n) is 4.39. The van der Waals surface area contributed by atoms with Crippen LogP contribution in [-0.4, -0.2) is 34.7 Å². The van der Waals surface area contributed by atoms with Crippen LogP contribution in [0.3, 0.4) is 0 Å². The van der Waals surface area contributed by atoms with Crippen molar-refractivity contribution in [1.29, 1.82) is 0 Å². The third-order valence-corrected chi connectivity index (χ3v) is 2.48. The summed E-state index contributed by atoms with van der Waals surface area (Å²) in [7, 11) is 1.74. The predicted molar refractivity (Wildman–Crippen MR) is 70.1 cm³/mol. The Morgan fingerprint density at radius 3 is 2.33 bits per heavy atom. The second-order valence-corrected chi connectivity index (χ2v) is 4.39. The predicted octanol–water partition coefficient (Wildman–Crippen LogP) is 2.13. The summed E-state index contributed by atoms with van der Waals surface area (Å²) >= 11 is 0. The lowest BCUT2D eigenvalue weighted by Gasteiger charge is -2.16. The van der Waals surface area contributed by atoms with Gasteiger partial charge >= 0.3 is 12.0 Å². The first kappa shape index (κ1) is 14.5. The number of hydrogen-bond donors (Lipinski definition) is 1. The van der Waals surface area contributed by atoms with Gasteiger partial charge in [-0.1, -0.05) is 20.8 Å². The lowest BCUT2D eigenvalue weighted by Crippen LogP contribution is -2.20. The highest BCUT2D eigenvalue weighted by molar-refractivity contribution is 5.26. The summed E-state index contributed by atoms with van der Waals surface area (Å²) in [4.78, 5) is 12.4. The normalized spacial score (nSPS) is 12.3.